The molecule has 1 spiro atoms. The minimum Gasteiger partial charge on any atom is -0.399 e. The first-order chi connectivity index (χ1) is 19.8. The average molecular weight is 563 g/mol. The van der Waals surface area contributed by atoms with Crippen LogP contribution < -0.4 is 26.2 Å². The molecule has 41 heavy (non-hydrogen) atoms. The van der Waals surface area contributed by atoms with Gasteiger partial charge in [-0.15, -0.1) is 0 Å². The summed E-state index contributed by atoms with van der Waals surface area (Å²) in [6, 6.07) is 12.4. The molecule has 3 heterocycles. The Kier molecular flexibility index (Phi) is 7.59. The Morgan fingerprint density at radius 3 is 2.32 bits per heavy atom. The number of nitrogens with zero attached hydrogens (tertiary/aromatic N) is 3. The quantitative estimate of drug-likeness (QED) is 0.380. The molecule has 2 aromatic carbocycles. The van der Waals surface area contributed by atoms with Crippen LogP contribution in [0.3, 0.4) is 0 Å². The van der Waals surface area contributed by atoms with Gasteiger partial charge in [0.2, 0.25) is 11.8 Å². The van der Waals surface area contributed by atoms with Gasteiger partial charge in [0.05, 0.1) is 0 Å². The molecule has 0 radical (unpaired) electrons. The van der Waals surface area contributed by atoms with E-state index in [9.17, 15) is 18.8 Å². The first-order valence-corrected chi connectivity index (χ1v) is 14.8. The number of hydrogen-bond acceptors (Lipinski definition) is 7. The van der Waals surface area contributed by atoms with Gasteiger partial charge in [-0.05, 0) is 86.4 Å². The number of piperazine rings is 1. The van der Waals surface area contributed by atoms with Crippen molar-refractivity contribution in [2.24, 2.45) is 5.41 Å². The molecule has 2 aromatic rings. The number of nitrogens with two attached hydrogens (primary N) is 1. The summed E-state index contributed by atoms with van der Waals surface area (Å²) in [5.41, 5.74) is 9.09. The highest BCUT2D eigenvalue weighted by Crippen LogP contribution is 2.48. The number of carbonyl (C=O) groups is 3. The van der Waals surface area contributed by atoms with Crippen LogP contribution in [0.15, 0.2) is 42.5 Å². The average Bonchev–Trinajstić information content (AvgIpc) is 3.38. The summed E-state index contributed by atoms with van der Waals surface area (Å²) in [6.07, 6.45) is 6.20. The number of piperidine rings is 2. The molecule has 218 valence electrons. The first kappa shape index (κ1) is 27.5. The number of imide groups is 1. The van der Waals surface area contributed by atoms with Crippen LogP contribution in [0.25, 0.3) is 0 Å². The molecule has 1 saturated carbocycles. The number of rotatable bonds is 5. The molecule has 1 aliphatic carbocycles. The third kappa shape index (κ3) is 6.02. The van der Waals surface area contributed by atoms with Crippen molar-refractivity contribution in [2.45, 2.75) is 57.0 Å². The zero-order chi connectivity index (χ0) is 28.6. The lowest BCUT2D eigenvalue weighted by atomic mass is 9.76. The van der Waals surface area contributed by atoms with Crippen molar-refractivity contribution in [1.29, 1.82) is 0 Å². The van der Waals surface area contributed by atoms with Gasteiger partial charge in [0.1, 0.15) is 11.9 Å². The van der Waals surface area contributed by atoms with E-state index in [1.807, 2.05) is 12.1 Å². The van der Waals surface area contributed by atoms with E-state index in [-0.39, 0.29) is 24.3 Å². The van der Waals surface area contributed by atoms with Crippen molar-refractivity contribution in [2.75, 3.05) is 54.8 Å². The molecular weight excluding hydrogens is 523 g/mol. The largest absolute Gasteiger partial charge is 0.399 e. The summed E-state index contributed by atoms with van der Waals surface area (Å²) in [5, 5.41) is 4.89. The van der Waals surface area contributed by atoms with Gasteiger partial charge in [-0.3, -0.25) is 24.6 Å². The van der Waals surface area contributed by atoms with Gasteiger partial charge in [-0.25, -0.2) is 4.39 Å². The van der Waals surface area contributed by atoms with Gasteiger partial charge < -0.3 is 20.9 Å². The topological polar surface area (TPSA) is 111 Å². The van der Waals surface area contributed by atoms with Crippen LogP contribution in [0.4, 0.5) is 21.5 Å². The second-order valence-corrected chi connectivity index (χ2v) is 12.2. The normalized spacial score (nSPS) is 24.9. The zero-order valence-corrected chi connectivity index (χ0v) is 23.4. The van der Waals surface area contributed by atoms with Gasteiger partial charge in [-0.1, -0.05) is 0 Å². The molecule has 4 aliphatic rings. The summed E-state index contributed by atoms with van der Waals surface area (Å²) in [5.74, 6) is -1.85. The number of nitrogens with one attached hydrogen (secondary N) is 2. The summed E-state index contributed by atoms with van der Waals surface area (Å²) < 4.78 is 14.6. The molecule has 3 aliphatic heterocycles. The Hall–Kier alpha value is -3.66. The Morgan fingerprint density at radius 2 is 1.61 bits per heavy atom. The van der Waals surface area contributed by atoms with E-state index in [1.54, 1.807) is 6.07 Å². The number of carbonyl (C=O) groups excluding carboxylic acids is 3. The van der Waals surface area contributed by atoms with E-state index in [2.05, 4.69) is 37.5 Å². The fourth-order valence-electron chi connectivity index (χ4n) is 7.17. The molecule has 0 bridgehead atoms. The third-order valence-corrected chi connectivity index (χ3v) is 9.64. The van der Waals surface area contributed by atoms with E-state index in [1.165, 1.54) is 37.1 Å². The predicted molar refractivity (Wildman–Crippen MR) is 156 cm³/mol. The monoisotopic (exact) mass is 562 g/mol. The fraction of sp³-hybridized carbons (Fsp3) is 0.516. The number of benzene rings is 2. The van der Waals surface area contributed by atoms with E-state index in [0.29, 0.717) is 17.1 Å². The zero-order valence-electron chi connectivity index (χ0n) is 23.4. The number of halogens is 1. The van der Waals surface area contributed by atoms with Crippen molar-refractivity contribution < 1.29 is 18.8 Å². The van der Waals surface area contributed by atoms with Crippen LogP contribution in [0.2, 0.25) is 0 Å². The van der Waals surface area contributed by atoms with E-state index in [4.69, 9.17) is 5.73 Å². The molecular formula is C31H39FN6O3. The fourth-order valence-corrected chi connectivity index (χ4v) is 7.17. The molecule has 0 aromatic heterocycles. The van der Waals surface area contributed by atoms with Crippen LogP contribution in [0.5, 0.6) is 0 Å². The predicted octanol–water partition coefficient (Wildman–Crippen LogP) is 2.90. The van der Waals surface area contributed by atoms with Crippen molar-refractivity contribution in [3.05, 3.63) is 53.8 Å². The summed E-state index contributed by atoms with van der Waals surface area (Å²) in [4.78, 5) is 43.6. The van der Waals surface area contributed by atoms with Crippen LogP contribution in [0, 0.1) is 11.2 Å². The Labute approximate surface area is 240 Å². The smallest absolute Gasteiger partial charge is 0.252 e. The minimum absolute atomic E-state index is 0.168. The molecule has 3 saturated heterocycles. The number of anilines is 3. The van der Waals surface area contributed by atoms with E-state index in [0.717, 1.165) is 57.8 Å². The molecule has 3 amide bonds. The molecule has 6 rings (SSSR count). The Bertz CT molecular complexity index is 1300. The van der Waals surface area contributed by atoms with Gasteiger partial charge in [0.15, 0.2) is 0 Å². The van der Waals surface area contributed by atoms with Crippen molar-refractivity contribution in [3.63, 3.8) is 0 Å². The van der Waals surface area contributed by atoms with Crippen LogP contribution in [-0.2, 0) is 9.59 Å². The van der Waals surface area contributed by atoms with Gasteiger partial charge >= 0.3 is 0 Å². The Morgan fingerprint density at radius 1 is 0.902 bits per heavy atom. The Balaban J connectivity index is 1.02. The van der Waals surface area contributed by atoms with Crippen LogP contribution >= 0.6 is 0 Å². The highest BCUT2D eigenvalue weighted by Gasteiger charge is 2.43. The van der Waals surface area contributed by atoms with Gasteiger partial charge in [0.25, 0.3) is 5.91 Å². The molecule has 9 nitrogen and oxygen atoms in total. The van der Waals surface area contributed by atoms with Gasteiger partial charge in [0, 0.05) is 74.4 Å². The van der Waals surface area contributed by atoms with Crippen LogP contribution in [-0.4, -0.2) is 74.0 Å². The summed E-state index contributed by atoms with van der Waals surface area (Å²) >= 11 is 0. The SMILES string of the molecule is Nc1ccc(N2CCN(C3CCC4(CCN(c5cc(F)cc(C(=O)NC6CCC(=O)NC6=O)c5)CC4)C3)CC2)cc1. The van der Waals surface area contributed by atoms with Crippen molar-refractivity contribution >= 4 is 34.8 Å². The second kappa shape index (κ2) is 11.3. The molecule has 10 heteroatoms. The number of hydrogen-bond donors (Lipinski definition) is 3. The summed E-state index contributed by atoms with van der Waals surface area (Å²) in [6.45, 7) is 5.86. The molecule has 2 atom stereocenters. The third-order valence-electron chi connectivity index (χ3n) is 9.64. The van der Waals surface area contributed by atoms with E-state index < -0.39 is 23.7 Å². The van der Waals surface area contributed by atoms with Crippen molar-refractivity contribution in [1.82, 2.24) is 15.5 Å². The lowest BCUT2D eigenvalue weighted by molar-refractivity contribution is -0.134. The van der Waals surface area contributed by atoms with Crippen molar-refractivity contribution in [3.8, 4) is 0 Å². The maximum absolute atomic E-state index is 14.6. The number of nitrogen functional groups attached to an aromatic ring is 1. The first-order valence-electron chi connectivity index (χ1n) is 14.8. The van der Waals surface area contributed by atoms with Crippen LogP contribution in [0.1, 0.15) is 55.3 Å². The molecule has 4 fully saturated rings. The van der Waals surface area contributed by atoms with Gasteiger partial charge in [-0.2, -0.15) is 0 Å². The maximum Gasteiger partial charge on any atom is 0.252 e. The maximum atomic E-state index is 14.6. The van der Waals surface area contributed by atoms with E-state index >= 15 is 0 Å². The lowest BCUT2D eigenvalue weighted by Gasteiger charge is -2.42. The second-order valence-electron chi connectivity index (χ2n) is 12.2. The molecule has 4 N–H and O–H groups in total. The summed E-state index contributed by atoms with van der Waals surface area (Å²) in [7, 11) is 0. The standard InChI is InChI=1S/C31H39FN6O3/c32-22-17-21(29(40)34-27-5-6-28(39)35-30(27)41)18-26(19-22)36-11-9-31(10-12-36)8-7-25(20-31)38-15-13-37(14-16-38)24-3-1-23(33)2-4-24/h1-4,17-19,25,27H,5-16,20,33H2,(H,34,40)(H,35,39,41). The minimum atomic E-state index is -0.794. The highest BCUT2D eigenvalue weighted by molar-refractivity contribution is 6.04. The number of amides is 3. The molecule has 2 unspecified atom stereocenters. The highest BCUT2D eigenvalue weighted by atomic mass is 19.1. The lowest BCUT2D eigenvalue weighted by Crippen LogP contribution is -2.52.